The van der Waals surface area contributed by atoms with Gasteiger partial charge in [0, 0.05) is 30.9 Å². The lowest BCUT2D eigenvalue weighted by Gasteiger charge is -2.26. The minimum Gasteiger partial charge on any atom is -0.354 e. The summed E-state index contributed by atoms with van der Waals surface area (Å²) in [6.07, 6.45) is 7.08. The highest BCUT2D eigenvalue weighted by Crippen LogP contribution is 2.29. The lowest BCUT2D eigenvalue weighted by Crippen LogP contribution is -2.36. The van der Waals surface area contributed by atoms with Gasteiger partial charge in [-0.15, -0.1) is 0 Å². The maximum atomic E-state index is 9.45. The van der Waals surface area contributed by atoms with Gasteiger partial charge in [-0.3, -0.25) is 0 Å². The Balaban J connectivity index is 1.69. The van der Waals surface area contributed by atoms with Crippen molar-refractivity contribution in [2.75, 3.05) is 18.0 Å². The van der Waals surface area contributed by atoms with E-state index in [9.17, 15) is 5.26 Å². The van der Waals surface area contributed by atoms with E-state index in [0.717, 1.165) is 37.3 Å². The molecule has 1 aromatic heterocycles. The molecule has 0 amide bonds. The molecular weight excluding hydrogens is 248 g/mol. The average Bonchev–Trinajstić information content (AvgIpc) is 3.03. The molecule has 20 heavy (non-hydrogen) atoms. The number of fused-ring (bicyclic) bond motifs is 3. The lowest BCUT2D eigenvalue weighted by atomic mass is 10.1. The first-order valence-electron chi connectivity index (χ1n) is 7.77. The van der Waals surface area contributed by atoms with Crippen molar-refractivity contribution in [3.8, 4) is 6.07 Å². The normalized spacial score (nSPS) is 28.1. The third kappa shape index (κ3) is 1.97. The number of anilines is 1. The number of nitrogens with one attached hydrogen (secondary N) is 1. The summed E-state index contributed by atoms with van der Waals surface area (Å²) >= 11 is 0. The van der Waals surface area contributed by atoms with Crippen LogP contribution < -0.4 is 10.2 Å². The van der Waals surface area contributed by atoms with Gasteiger partial charge in [0.1, 0.15) is 11.9 Å². The van der Waals surface area contributed by atoms with Crippen LogP contribution in [0.25, 0.3) is 0 Å². The lowest BCUT2D eigenvalue weighted by molar-refractivity contribution is 0.563. The van der Waals surface area contributed by atoms with E-state index < -0.39 is 0 Å². The maximum Gasteiger partial charge on any atom is 0.146 e. The van der Waals surface area contributed by atoms with Gasteiger partial charge in [-0.25, -0.2) is 4.98 Å². The van der Waals surface area contributed by atoms with Crippen molar-refractivity contribution in [2.45, 2.75) is 50.6 Å². The molecule has 2 bridgehead atoms. The second kappa shape index (κ2) is 4.75. The number of pyridine rings is 1. The molecule has 4 nitrogen and oxygen atoms in total. The largest absolute Gasteiger partial charge is 0.354 e. The third-order valence-electron chi connectivity index (χ3n) is 4.97. The fraction of sp³-hybridized carbons (Fsp3) is 0.625. The monoisotopic (exact) mass is 268 g/mol. The molecule has 0 saturated carbocycles. The predicted molar refractivity (Wildman–Crippen MR) is 77.8 cm³/mol. The molecule has 2 fully saturated rings. The van der Waals surface area contributed by atoms with Crippen molar-refractivity contribution < 1.29 is 0 Å². The SMILES string of the molecule is N#Cc1cc2c(nc1N1CCC3CCC(C1)N3)CCC2. The Morgan fingerprint density at radius 1 is 1.25 bits per heavy atom. The van der Waals surface area contributed by atoms with Gasteiger partial charge in [-0.2, -0.15) is 5.26 Å². The van der Waals surface area contributed by atoms with Crippen molar-refractivity contribution in [3.63, 3.8) is 0 Å². The zero-order valence-corrected chi connectivity index (χ0v) is 11.7. The summed E-state index contributed by atoms with van der Waals surface area (Å²) in [6, 6.07) is 5.69. The Morgan fingerprint density at radius 2 is 2.15 bits per heavy atom. The topological polar surface area (TPSA) is 52.0 Å². The highest BCUT2D eigenvalue weighted by Gasteiger charge is 2.31. The van der Waals surface area contributed by atoms with Crippen LogP contribution in [0.1, 0.15) is 42.5 Å². The quantitative estimate of drug-likeness (QED) is 0.843. The van der Waals surface area contributed by atoms with Gasteiger partial charge < -0.3 is 10.2 Å². The molecule has 0 aromatic carbocycles. The van der Waals surface area contributed by atoms with E-state index in [4.69, 9.17) is 4.98 Å². The molecule has 3 heterocycles. The van der Waals surface area contributed by atoms with Gasteiger partial charge in [0.25, 0.3) is 0 Å². The molecule has 0 spiro atoms. The van der Waals surface area contributed by atoms with Crippen molar-refractivity contribution in [1.82, 2.24) is 10.3 Å². The van der Waals surface area contributed by atoms with Gasteiger partial charge in [0.05, 0.1) is 5.56 Å². The molecule has 3 aliphatic rings. The van der Waals surface area contributed by atoms with Gasteiger partial charge in [-0.1, -0.05) is 0 Å². The predicted octanol–water partition coefficient (Wildman–Crippen LogP) is 1.77. The summed E-state index contributed by atoms with van der Waals surface area (Å²) < 4.78 is 0. The maximum absolute atomic E-state index is 9.45. The molecule has 4 rings (SSSR count). The minimum absolute atomic E-state index is 0.573. The van der Waals surface area contributed by atoms with Crippen LogP contribution in [0.4, 0.5) is 5.82 Å². The van der Waals surface area contributed by atoms with Crippen molar-refractivity contribution in [3.05, 3.63) is 22.9 Å². The van der Waals surface area contributed by atoms with Crippen LogP contribution in [0.5, 0.6) is 0 Å². The van der Waals surface area contributed by atoms with E-state index in [2.05, 4.69) is 22.4 Å². The van der Waals surface area contributed by atoms with Crippen molar-refractivity contribution in [2.24, 2.45) is 0 Å². The highest BCUT2D eigenvalue weighted by atomic mass is 15.2. The molecule has 0 radical (unpaired) electrons. The number of rotatable bonds is 1. The Bertz CT molecular complexity index is 575. The van der Waals surface area contributed by atoms with Crippen LogP contribution in [-0.2, 0) is 12.8 Å². The van der Waals surface area contributed by atoms with Gasteiger partial charge in [0.2, 0.25) is 0 Å². The van der Waals surface area contributed by atoms with Crippen LogP contribution in [0, 0.1) is 11.3 Å². The van der Waals surface area contributed by atoms with Gasteiger partial charge >= 0.3 is 0 Å². The molecule has 1 aliphatic carbocycles. The summed E-state index contributed by atoms with van der Waals surface area (Å²) in [4.78, 5) is 7.19. The van der Waals surface area contributed by atoms with Crippen LogP contribution in [-0.4, -0.2) is 30.2 Å². The summed E-state index contributed by atoms with van der Waals surface area (Å²) in [5.74, 6) is 0.933. The van der Waals surface area contributed by atoms with E-state index in [1.165, 1.54) is 36.9 Å². The van der Waals surface area contributed by atoms with E-state index >= 15 is 0 Å². The van der Waals surface area contributed by atoms with Crippen molar-refractivity contribution >= 4 is 5.82 Å². The Hall–Kier alpha value is -1.60. The molecule has 1 aromatic rings. The van der Waals surface area contributed by atoms with E-state index in [1.54, 1.807) is 0 Å². The standard InChI is InChI=1S/C16H20N4/c17-9-12-8-11-2-1-3-15(11)19-16(12)20-7-6-13-4-5-14(10-20)18-13/h8,13-14,18H,1-7,10H2. The Kier molecular flexibility index (Phi) is 2.89. The zero-order valence-electron chi connectivity index (χ0n) is 11.7. The number of aryl methyl sites for hydroxylation is 2. The van der Waals surface area contributed by atoms with Gasteiger partial charge in [-0.05, 0) is 50.2 Å². The molecule has 2 aliphatic heterocycles. The van der Waals surface area contributed by atoms with E-state index in [0.29, 0.717) is 12.1 Å². The summed E-state index contributed by atoms with van der Waals surface area (Å²) in [5.41, 5.74) is 3.28. The fourth-order valence-corrected chi connectivity index (χ4v) is 3.92. The van der Waals surface area contributed by atoms with Crippen LogP contribution in [0.2, 0.25) is 0 Å². The molecule has 1 N–H and O–H groups in total. The molecule has 2 unspecified atom stereocenters. The Morgan fingerprint density at radius 3 is 3.05 bits per heavy atom. The number of nitriles is 1. The van der Waals surface area contributed by atoms with E-state index in [1.807, 2.05) is 0 Å². The van der Waals surface area contributed by atoms with E-state index in [-0.39, 0.29) is 0 Å². The second-order valence-electron chi connectivity index (χ2n) is 6.30. The number of aromatic nitrogens is 1. The first-order valence-corrected chi connectivity index (χ1v) is 7.77. The first kappa shape index (κ1) is 12.2. The highest BCUT2D eigenvalue weighted by molar-refractivity contribution is 5.57. The van der Waals surface area contributed by atoms with Crippen LogP contribution >= 0.6 is 0 Å². The van der Waals surface area contributed by atoms with Crippen LogP contribution in [0.3, 0.4) is 0 Å². The molecule has 2 saturated heterocycles. The Labute approximate surface area is 119 Å². The zero-order chi connectivity index (χ0) is 13.5. The van der Waals surface area contributed by atoms with Gasteiger partial charge in [0.15, 0.2) is 0 Å². The summed E-state index contributed by atoms with van der Waals surface area (Å²) in [6.45, 7) is 2.02. The summed E-state index contributed by atoms with van der Waals surface area (Å²) in [5, 5.41) is 13.1. The fourth-order valence-electron chi connectivity index (χ4n) is 3.92. The molecular formula is C16H20N4. The first-order chi connectivity index (χ1) is 9.83. The second-order valence-corrected chi connectivity index (χ2v) is 6.30. The number of hydrogen-bond donors (Lipinski definition) is 1. The molecule has 2 atom stereocenters. The van der Waals surface area contributed by atoms with Crippen LogP contribution in [0.15, 0.2) is 6.07 Å². The third-order valence-corrected chi connectivity index (χ3v) is 4.97. The minimum atomic E-state index is 0.573. The molecule has 4 heteroatoms. The average molecular weight is 268 g/mol. The van der Waals surface area contributed by atoms with Crippen molar-refractivity contribution in [1.29, 1.82) is 5.26 Å². The molecule has 104 valence electrons. The summed E-state index contributed by atoms with van der Waals surface area (Å²) in [7, 11) is 0. The smallest absolute Gasteiger partial charge is 0.146 e. The number of nitrogens with zero attached hydrogens (tertiary/aromatic N) is 3. The number of hydrogen-bond acceptors (Lipinski definition) is 4.